The van der Waals surface area contributed by atoms with Crippen molar-refractivity contribution in [3.63, 3.8) is 0 Å². The third-order valence-corrected chi connectivity index (χ3v) is 3.79. The van der Waals surface area contributed by atoms with Crippen LogP contribution in [0.1, 0.15) is 60.3 Å². The zero-order chi connectivity index (χ0) is 14.2. The predicted octanol–water partition coefficient (Wildman–Crippen LogP) is 2.64. The third-order valence-electron chi connectivity index (χ3n) is 3.79. The highest BCUT2D eigenvalue weighted by Gasteiger charge is 2.23. The Kier molecular flexibility index (Phi) is 8.83. The second kappa shape index (κ2) is 8.89. The first-order chi connectivity index (χ1) is 8.38. The summed E-state index contributed by atoms with van der Waals surface area (Å²) in [5, 5.41) is 13.0. The standard InChI is InChI=1S/C15H34N2O/c1-7-14(8-2)17(6)11-9-10-15(5,12-18)16-13(3)4/h13-14,16,18H,7-12H2,1-6H3. The first-order valence-electron chi connectivity index (χ1n) is 7.47. The molecule has 2 N–H and O–H groups in total. The van der Waals surface area contributed by atoms with Gasteiger partial charge in [0, 0.05) is 17.6 Å². The molecule has 0 aliphatic rings. The van der Waals surface area contributed by atoms with Crippen molar-refractivity contribution in [2.45, 2.75) is 77.9 Å². The number of aliphatic hydroxyl groups excluding tert-OH is 1. The van der Waals surface area contributed by atoms with Gasteiger partial charge >= 0.3 is 0 Å². The molecule has 110 valence electrons. The molecule has 0 aromatic heterocycles. The molecule has 0 bridgehead atoms. The maximum atomic E-state index is 9.52. The van der Waals surface area contributed by atoms with Crippen LogP contribution < -0.4 is 5.32 Å². The van der Waals surface area contributed by atoms with Gasteiger partial charge in [-0.1, -0.05) is 27.7 Å². The largest absolute Gasteiger partial charge is 0.394 e. The topological polar surface area (TPSA) is 35.5 Å². The van der Waals surface area contributed by atoms with Crippen LogP contribution in [0.5, 0.6) is 0 Å². The minimum Gasteiger partial charge on any atom is -0.394 e. The molecule has 0 aliphatic heterocycles. The summed E-state index contributed by atoms with van der Waals surface area (Å²) in [6.07, 6.45) is 4.58. The van der Waals surface area contributed by atoms with Crippen LogP contribution in [-0.4, -0.2) is 47.8 Å². The summed E-state index contributed by atoms with van der Waals surface area (Å²) < 4.78 is 0. The van der Waals surface area contributed by atoms with Gasteiger partial charge in [0.1, 0.15) is 0 Å². The number of aliphatic hydroxyl groups is 1. The Morgan fingerprint density at radius 1 is 1.22 bits per heavy atom. The summed E-state index contributed by atoms with van der Waals surface area (Å²) in [5.41, 5.74) is -0.136. The van der Waals surface area contributed by atoms with Gasteiger partial charge in [0.15, 0.2) is 0 Å². The molecular weight excluding hydrogens is 224 g/mol. The van der Waals surface area contributed by atoms with E-state index in [0.717, 1.165) is 19.4 Å². The molecule has 0 saturated heterocycles. The van der Waals surface area contributed by atoms with Crippen molar-refractivity contribution in [1.82, 2.24) is 10.2 Å². The highest BCUT2D eigenvalue weighted by atomic mass is 16.3. The molecule has 0 aromatic rings. The monoisotopic (exact) mass is 258 g/mol. The molecule has 3 heteroatoms. The van der Waals surface area contributed by atoms with E-state index in [1.54, 1.807) is 0 Å². The molecule has 18 heavy (non-hydrogen) atoms. The van der Waals surface area contributed by atoms with Gasteiger partial charge in [-0.25, -0.2) is 0 Å². The summed E-state index contributed by atoms with van der Waals surface area (Å²) in [7, 11) is 2.21. The normalized spacial score (nSPS) is 15.7. The fraction of sp³-hybridized carbons (Fsp3) is 1.00. The molecule has 0 saturated carbocycles. The fourth-order valence-electron chi connectivity index (χ4n) is 2.71. The highest BCUT2D eigenvalue weighted by molar-refractivity contribution is 4.84. The molecule has 0 radical (unpaired) electrons. The van der Waals surface area contributed by atoms with Crippen LogP contribution in [0.25, 0.3) is 0 Å². The average molecular weight is 258 g/mol. The SMILES string of the molecule is CCC(CC)N(C)CCCC(C)(CO)NC(C)C. The molecule has 0 aliphatic carbocycles. The molecule has 1 atom stereocenters. The summed E-state index contributed by atoms with van der Waals surface area (Å²) in [4.78, 5) is 2.45. The van der Waals surface area contributed by atoms with Crippen molar-refractivity contribution < 1.29 is 5.11 Å². The maximum absolute atomic E-state index is 9.52. The van der Waals surface area contributed by atoms with Crippen molar-refractivity contribution >= 4 is 0 Å². The van der Waals surface area contributed by atoms with E-state index >= 15 is 0 Å². The van der Waals surface area contributed by atoms with Gasteiger partial charge < -0.3 is 15.3 Å². The molecular formula is C15H34N2O. The van der Waals surface area contributed by atoms with E-state index in [1.807, 2.05) is 0 Å². The van der Waals surface area contributed by atoms with Gasteiger partial charge in [0.2, 0.25) is 0 Å². The molecule has 0 heterocycles. The van der Waals surface area contributed by atoms with Gasteiger partial charge in [-0.05, 0) is 46.2 Å². The predicted molar refractivity (Wildman–Crippen MR) is 80.0 cm³/mol. The Morgan fingerprint density at radius 2 is 1.78 bits per heavy atom. The van der Waals surface area contributed by atoms with Crippen LogP contribution in [0.3, 0.4) is 0 Å². The third kappa shape index (κ3) is 6.72. The Balaban J connectivity index is 4.07. The second-order valence-corrected chi connectivity index (χ2v) is 6.07. The lowest BCUT2D eigenvalue weighted by Gasteiger charge is -2.33. The van der Waals surface area contributed by atoms with Crippen LogP contribution in [0, 0.1) is 0 Å². The Bertz CT molecular complexity index is 205. The number of nitrogens with one attached hydrogen (secondary N) is 1. The van der Waals surface area contributed by atoms with E-state index in [9.17, 15) is 5.11 Å². The van der Waals surface area contributed by atoms with Crippen LogP contribution in [0.15, 0.2) is 0 Å². The molecule has 0 fully saturated rings. The van der Waals surface area contributed by atoms with Crippen LogP contribution in [0.4, 0.5) is 0 Å². The first kappa shape index (κ1) is 17.9. The van der Waals surface area contributed by atoms with Crippen molar-refractivity contribution in [1.29, 1.82) is 0 Å². The number of nitrogens with zero attached hydrogens (tertiary/aromatic N) is 1. The van der Waals surface area contributed by atoms with Gasteiger partial charge in [-0.2, -0.15) is 0 Å². The minimum absolute atomic E-state index is 0.136. The van der Waals surface area contributed by atoms with Gasteiger partial charge in [-0.3, -0.25) is 0 Å². The van der Waals surface area contributed by atoms with Gasteiger partial charge in [-0.15, -0.1) is 0 Å². The lowest BCUT2D eigenvalue weighted by atomic mass is 9.95. The second-order valence-electron chi connectivity index (χ2n) is 6.07. The molecule has 0 aromatic carbocycles. The van der Waals surface area contributed by atoms with Gasteiger partial charge in [0.05, 0.1) is 6.61 Å². The van der Waals surface area contributed by atoms with E-state index < -0.39 is 0 Å². The minimum atomic E-state index is -0.136. The number of rotatable bonds is 10. The summed E-state index contributed by atoms with van der Waals surface area (Å²) in [5.74, 6) is 0. The Labute approximate surface area is 114 Å². The van der Waals surface area contributed by atoms with Crippen LogP contribution in [-0.2, 0) is 0 Å². The lowest BCUT2D eigenvalue weighted by molar-refractivity contribution is 0.145. The number of hydrogen-bond acceptors (Lipinski definition) is 3. The molecule has 3 nitrogen and oxygen atoms in total. The molecule has 1 unspecified atom stereocenters. The lowest BCUT2D eigenvalue weighted by Crippen LogP contribution is -2.49. The van der Waals surface area contributed by atoms with Crippen molar-refractivity contribution in [2.75, 3.05) is 20.2 Å². The molecule has 0 rings (SSSR count). The summed E-state index contributed by atoms with van der Waals surface area (Å²) >= 11 is 0. The quantitative estimate of drug-likeness (QED) is 0.632. The number of hydrogen-bond donors (Lipinski definition) is 2. The first-order valence-corrected chi connectivity index (χ1v) is 7.47. The zero-order valence-corrected chi connectivity index (χ0v) is 13.3. The fourth-order valence-corrected chi connectivity index (χ4v) is 2.71. The Hall–Kier alpha value is -0.120. The van der Waals surface area contributed by atoms with Crippen molar-refractivity contribution in [3.05, 3.63) is 0 Å². The van der Waals surface area contributed by atoms with Crippen LogP contribution in [0.2, 0.25) is 0 Å². The maximum Gasteiger partial charge on any atom is 0.0610 e. The van der Waals surface area contributed by atoms with E-state index in [-0.39, 0.29) is 12.1 Å². The summed E-state index contributed by atoms with van der Waals surface area (Å²) in [6.45, 7) is 12.2. The van der Waals surface area contributed by atoms with E-state index in [4.69, 9.17) is 0 Å². The van der Waals surface area contributed by atoms with E-state index in [2.05, 4.69) is 51.9 Å². The van der Waals surface area contributed by atoms with Crippen molar-refractivity contribution in [3.8, 4) is 0 Å². The van der Waals surface area contributed by atoms with E-state index in [1.165, 1.54) is 12.8 Å². The summed E-state index contributed by atoms with van der Waals surface area (Å²) in [6, 6.07) is 1.11. The molecule has 0 spiro atoms. The smallest absolute Gasteiger partial charge is 0.0610 e. The van der Waals surface area contributed by atoms with Crippen LogP contribution >= 0.6 is 0 Å². The van der Waals surface area contributed by atoms with Crippen molar-refractivity contribution in [2.24, 2.45) is 0 Å². The Morgan fingerprint density at radius 3 is 2.17 bits per heavy atom. The molecule has 0 amide bonds. The van der Waals surface area contributed by atoms with E-state index in [0.29, 0.717) is 12.1 Å². The zero-order valence-electron chi connectivity index (χ0n) is 13.3. The average Bonchev–Trinajstić information content (AvgIpc) is 2.29. The van der Waals surface area contributed by atoms with Gasteiger partial charge in [0.25, 0.3) is 0 Å². The highest BCUT2D eigenvalue weighted by Crippen LogP contribution is 2.14.